The molecule has 0 aliphatic heterocycles. The van der Waals surface area contributed by atoms with Gasteiger partial charge in [0.2, 0.25) is 0 Å². The highest BCUT2D eigenvalue weighted by Gasteiger charge is 2.19. The van der Waals surface area contributed by atoms with E-state index in [4.69, 9.17) is 14.2 Å². The van der Waals surface area contributed by atoms with Crippen molar-refractivity contribution in [1.82, 2.24) is 0 Å². The summed E-state index contributed by atoms with van der Waals surface area (Å²) in [5.41, 5.74) is 0. The highest BCUT2D eigenvalue weighted by molar-refractivity contribution is 5.71. The molecule has 1 unspecified atom stereocenters. The summed E-state index contributed by atoms with van der Waals surface area (Å²) in [6, 6.07) is 0. The number of hydrogen-bond acceptors (Lipinski definition) is 6. The summed E-state index contributed by atoms with van der Waals surface area (Å²) in [5, 5.41) is 0. The van der Waals surface area contributed by atoms with E-state index in [1.54, 1.807) is 0 Å². The van der Waals surface area contributed by atoms with Crippen molar-refractivity contribution in [2.75, 3.05) is 13.2 Å². The van der Waals surface area contributed by atoms with Crippen molar-refractivity contribution in [3.8, 4) is 0 Å². The van der Waals surface area contributed by atoms with Crippen LogP contribution in [-0.2, 0) is 28.6 Å². The molecule has 0 heterocycles. The molecule has 0 saturated heterocycles. The maximum absolute atomic E-state index is 12.9. The molecule has 77 heavy (non-hydrogen) atoms. The van der Waals surface area contributed by atoms with Crippen molar-refractivity contribution >= 4 is 17.9 Å². The number of unbranched alkanes of at least 4 members (excludes halogenated alkanes) is 32. The van der Waals surface area contributed by atoms with Gasteiger partial charge in [0.1, 0.15) is 13.2 Å². The van der Waals surface area contributed by atoms with Crippen LogP contribution in [0.4, 0.5) is 0 Å². The van der Waals surface area contributed by atoms with Gasteiger partial charge in [-0.2, -0.15) is 0 Å². The summed E-state index contributed by atoms with van der Waals surface area (Å²) >= 11 is 0. The average Bonchev–Trinajstić information content (AvgIpc) is 3.43. The van der Waals surface area contributed by atoms with Crippen LogP contribution in [0.1, 0.15) is 316 Å². The zero-order valence-corrected chi connectivity index (χ0v) is 50.7. The van der Waals surface area contributed by atoms with E-state index in [1.807, 2.05) is 0 Å². The number of carbonyl (C=O) groups excluding carboxylic acids is 3. The Morgan fingerprint density at radius 3 is 0.805 bits per heavy atom. The molecular formula is C71H122O6. The molecule has 0 rings (SSSR count). The molecule has 442 valence electrons. The third kappa shape index (κ3) is 63.0. The Labute approximate surface area is 477 Å². The van der Waals surface area contributed by atoms with Crippen LogP contribution in [0, 0.1) is 0 Å². The zero-order chi connectivity index (χ0) is 55.7. The van der Waals surface area contributed by atoms with Crippen molar-refractivity contribution < 1.29 is 28.6 Å². The molecule has 0 amide bonds. The molecule has 0 N–H and O–H groups in total. The average molecular weight is 1070 g/mol. The Balaban J connectivity index is 4.43. The van der Waals surface area contributed by atoms with Crippen LogP contribution in [0.25, 0.3) is 0 Å². The van der Waals surface area contributed by atoms with Gasteiger partial charge in [0.05, 0.1) is 0 Å². The molecule has 1 atom stereocenters. The Morgan fingerprint density at radius 1 is 0.273 bits per heavy atom. The smallest absolute Gasteiger partial charge is 0.306 e. The van der Waals surface area contributed by atoms with Crippen molar-refractivity contribution in [2.45, 2.75) is 322 Å². The van der Waals surface area contributed by atoms with Crippen molar-refractivity contribution in [3.63, 3.8) is 0 Å². The van der Waals surface area contributed by atoms with Gasteiger partial charge in [0.15, 0.2) is 6.10 Å². The van der Waals surface area contributed by atoms with Gasteiger partial charge in [-0.15, -0.1) is 0 Å². The molecule has 6 heteroatoms. The molecule has 6 nitrogen and oxygen atoms in total. The number of rotatable bonds is 59. The predicted molar refractivity (Wildman–Crippen MR) is 334 cm³/mol. The van der Waals surface area contributed by atoms with Crippen molar-refractivity contribution in [3.05, 3.63) is 97.2 Å². The van der Waals surface area contributed by atoms with E-state index >= 15 is 0 Å². The minimum absolute atomic E-state index is 0.0872. The van der Waals surface area contributed by atoms with E-state index < -0.39 is 6.10 Å². The lowest BCUT2D eigenvalue weighted by Gasteiger charge is -2.18. The molecule has 0 bridgehead atoms. The fourth-order valence-electron chi connectivity index (χ4n) is 9.14. The van der Waals surface area contributed by atoms with Gasteiger partial charge in [0.25, 0.3) is 0 Å². The van der Waals surface area contributed by atoms with Crippen LogP contribution in [0.5, 0.6) is 0 Å². The molecule has 0 radical (unpaired) electrons. The Bertz CT molecular complexity index is 1510. The van der Waals surface area contributed by atoms with Crippen LogP contribution in [0.2, 0.25) is 0 Å². The van der Waals surface area contributed by atoms with Gasteiger partial charge in [-0.1, -0.05) is 272 Å². The SMILES string of the molecule is CC/C=C\C/C=C\C/C=C\C/C=C\CCCCCCCCCCC(=O)OCC(COC(=O)CCCCCCCCC/C=C\CCCCCCCC)OC(=O)CCCCCCCC/C=C\C/C=C\C/C=C\CCCCCCC. The summed E-state index contributed by atoms with van der Waals surface area (Å²) in [6.07, 6.45) is 86.9. The van der Waals surface area contributed by atoms with Gasteiger partial charge in [-0.25, -0.2) is 0 Å². The van der Waals surface area contributed by atoms with Crippen molar-refractivity contribution in [1.29, 1.82) is 0 Å². The van der Waals surface area contributed by atoms with E-state index in [2.05, 4.69) is 118 Å². The number of allylic oxidation sites excluding steroid dienone is 16. The number of carbonyl (C=O) groups is 3. The van der Waals surface area contributed by atoms with Gasteiger partial charge in [-0.3, -0.25) is 14.4 Å². The van der Waals surface area contributed by atoms with E-state index in [9.17, 15) is 14.4 Å². The molecule has 0 aromatic rings. The highest BCUT2D eigenvalue weighted by Crippen LogP contribution is 2.16. The fourth-order valence-corrected chi connectivity index (χ4v) is 9.14. The lowest BCUT2D eigenvalue weighted by atomic mass is 10.1. The number of hydrogen-bond donors (Lipinski definition) is 0. The molecule has 0 aromatic carbocycles. The second kappa shape index (κ2) is 64.9. The van der Waals surface area contributed by atoms with Gasteiger partial charge in [0, 0.05) is 19.3 Å². The van der Waals surface area contributed by atoms with Crippen LogP contribution in [0.15, 0.2) is 97.2 Å². The normalized spacial score (nSPS) is 12.7. The molecule has 0 saturated carbocycles. The maximum Gasteiger partial charge on any atom is 0.306 e. The first-order chi connectivity index (χ1) is 38.0. The first kappa shape index (κ1) is 73.3. The Hall–Kier alpha value is -3.67. The summed E-state index contributed by atoms with van der Waals surface area (Å²) in [4.78, 5) is 38.4. The monoisotopic (exact) mass is 1070 g/mol. The van der Waals surface area contributed by atoms with E-state index in [-0.39, 0.29) is 31.1 Å². The number of ether oxygens (including phenoxy) is 3. The Morgan fingerprint density at radius 2 is 0.506 bits per heavy atom. The van der Waals surface area contributed by atoms with E-state index in [1.165, 1.54) is 161 Å². The first-order valence-electron chi connectivity index (χ1n) is 32.7. The van der Waals surface area contributed by atoms with Crippen LogP contribution >= 0.6 is 0 Å². The summed E-state index contributed by atoms with van der Waals surface area (Å²) in [7, 11) is 0. The largest absolute Gasteiger partial charge is 0.462 e. The van der Waals surface area contributed by atoms with Crippen LogP contribution in [0.3, 0.4) is 0 Å². The van der Waals surface area contributed by atoms with Gasteiger partial charge >= 0.3 is 17.9 Å². The first-order valence-corrected chi connectivity index (χ1v) is 32.7. The lowest BCUT2D eigenvalue weighted by Crippen LogP contribution is -2.30. The number of esters is 3. The maximum atomic E-state index is 12.9. The predicted octanol–water partition coefficient (Wildman–Crippen LogP) is 22.4. The quantitative estimate of drug-likeness (QED) is 0.0261. The van der Waals surface area contributed by atoms with Crippen molar-refractivity contribution in [2.24, 2.45) is 0 Å². The van der Waals surface area contributed by atoms with Crippen LogP contribution < -0.4 is 0 Å². The molecule has 0 aliphatic rings. The summed E-state index contributed by atoms with van der Waals surface area (Å²) in [6.45, 7) is 6.52. The minimum Gasteiger partial charge on any atom is -0.462 e. The van der Waals surface area contributed by atoms with Gasteiger partial charge < -0.3 is 14.2 Å². The standard InChI is InChI=1S/C71H122O6/c1-4-7-10-13-16-19-22-25-28-31-33-35-37-40-43-46-49-52-55-58-61-64-70(73)76-67-68(66-75-69(72)63-60-57-54-51-48-45-42-39-30-27-24-21-18-15-12-9-6-3)77-71(74)65-62-59-56-53-50-47-44-41-38-36-34-32-29-26-23-20-17-14-11-8-5-2/h7,10,16,19,23,25-28,30,32-35,38,41,68H,4-6,8-9,11-15,17-18,20-22,24,29,31,36-37,39-40,42-67H2,1-3H3/b10-7-,19-16-,26-23-,28-25-,30-27-,34-32-,35-33-,41-38-. The Kier molecular flexibility index (Phi) is 61.8. The van der Waals surface area contributed by atoms with Crippen LogP contribution in [-0.4, -0.2) is 37.2 Å². The molecule has 0 fully saturated rings. The second-order valence-electron chi connectivity index (χ2n) is 21.6. The summed E-state index contributed by atoms with van der Waals surface area (Å²) in [5.74, 6) is -0.901. The third-order valence-electron chi connectivity index (χ3n) is 14.0. The highest BCUT2D eigenvalue weighted by atomic mass is 16.6. The molecule has 0 aromatic heterocycles. The lowest BCUT2D eigenvalue weighted by molar-refractivity contribution is -0.167. The topological polar surface area (TPSA) is 78.9 Å². The van der Waals surface area contributed by atoms with E-state index in [0.717, 1.165) is 116 Å². The zero-order valence-electron chi connectivity index (χ0n) is 50.7. The van der Waals surface area contributed by atoms with Gasteiger partial charge in [-0.05, 0) is 122 Å². The minimum atomic E-state index is -0.793. The molecular weight excluding hydrogens is 949 g/mol. The fraction of sp³-hybridized carbons (Fsp3) is 0.732. The second-order valence-corrected chi connectivity index (χ2v) is 21.6. The summed E-state index contributed by atoms with van der Waals surface area (Å²) < 4.78 is 16.9. The molecule has 0 spiro atoms. The molecule has 0 aliphatic carbocycles. The third-order valence-corrected chi connectivity index (χ3v) is 14.0. The van der Waals surface area contributed by atoms with E-state index in [0.29, 0.717) is 19.3 Å².